The number of hydrogen-bond acceptors (Lipinski definition) is 8. The number of benzene rings is 1. The van der Waals surface area contributed by atoms with Crippen LogP contribution in [0.4, 0.5) is 0 Å². The number of carboxylic acids is 3. The van der Waals surface area contributed by atoms with Crippen LogP contribution in [-0.4, -0.2) is 86.8 Å². The number of sulfone groups is 1. The van der Waals surface area contributed by atoms with Crippen LogP contribution in [0, 0.1) is 0 Å². The van der Waals surface area contributed by atoms with Crippen LogP contribution in [0.25, 0.3) is 10.9 Å². The maximum atomic E-state index is 11.5. The first-order valence-electron chi connectivity index (χ1n) is 9.95. The van der Waals surface area contributed by atoms with Gasteiger partial charge < -0.3 is 20.4 Å². The summed E-state index contributed by atoms with van der Waals surface area (Å²) >= 11 is 0. The summed E-state index contributed by atoms with van der Waals surface area (Å²) in [4.78, 5) is 36.9. The Labute approximate surface area is 190 Å². The lowest BCUT2D eigenvalue weighted by molar-refractivity contribution is -0.170. The summed E-state index contributed by atoms with van der Waals surface area (Å²) in [5, 5.41) is 34.9. The van der Waals surface area contributed by atoms with E-state index >= 15 is 0 Å². The molecule has 0 spiro atoms. The van der Waals surface area contributed by atoms with Crippen molar-refractivity contribution >= 4 is 38.6 Å². The fraction of sp³-hybridized carbons (Fsp3) is 0.429. The molecule has 4 N–H and O–H groups in total. The first-order chi connectivity index (χ1) is 15.3. The lowest BCUT2D eigenvalue weighted by Gasteiger charge is -2.23. The van der Waals surface area contributed by atoms with Gasteiger partial charge in [-0.2, -0.15) is 0 Å². The summed E-state index contributed by atoms with van der Waals surface area (Å²) in [6.07, 6.45) is 0.245. The number of fused-ring (bicyclic) bond motifs is 1. The standard InChI is InChI=1S/C15H18N2O2S.C6H8O7/c1-17(14-6-8-20(18,19)11-14)10-12-4-5-15-13(9-12)3-2-7-16-15;7-3(8)1-6(13,5(11)12)2-4(9)10/h2-5,7,9,14H,6,8,10-11H2,1H3;13H,1-2H2,(H,7,8)(H,9,10)(H,11,12). The fourth-order valence-electron chi connectivity index (χ4n) is 3.48. The van der Waals surface area contributed by atoms with E-state index in [1.54, 1.807) is 6.20 Å². The van der Waals surface area contributed by atoms with Crippen molar-refractivity contribution in [2.24, 2.45) is 0 Å². The Morgan fingerprint density at radius 1 is 1.12 bits per heavy atom. The van der Waals surface area contributed by atoms with Gasteiger partial charge in [0.05, 0.1) is 29.9 Å². The Morgan fingerprint density at radius 3 is 2.27 bits per heavy atom. The van der Waals surface area contributed by atoms with Gasteiger partial charge in [0.15, 0.2) is 15.4 Å². The van der Waals surface area contributed by atoms with Crippen molar-refractivity contribution in [3.63, 3.8) is 0 Å². The smallest absolute Gasteiger partial charge is 0.336 e. The molecule has 1 atom stereocenters. The lowest BCUT2D eigenvalue weighted by atomic mass is 9.96. The van der Waals surface area contributed by atoms with Gasteiger partial charge >= 0.3 is 17.9 Å². The van der Waals surface area contributed by atoms with Gasteiger partial charge in [0.2, 0.25) is 0 Å². The Kier molecular flexibility index (Phi) is 8.47. The van der Waals surface area contributed by atoms with E-state index in [2.05, 4.69) is 22.0 Å². The minimum absolute atomic E-state index is 0.143. The Morgan fingerprint density at radius 2 is 1.76 bits per heavy atom. The quantitative estimate of drug-likeness (QED) is 0.413. The number of aliphatic carboxylic acids is 3. The molecule has 12 heteroatoms. The summed E-state index contributed by atoms with van der Waals surface area (Å²) < 4.78 is 23.1. The lowest BCUT2D eigenvalue weighted by Crippen LogP contribution is -2.42. The van der Waals surface area contributed by atoms with Crippen LogP contribution >= 0.6 is 0 Å². The van der Waals surface area contributed by atoms with Gasteiger partial charge in [-0.15, -0.1) is 0 Å². The van der Waals surface area contributed by atoms with Gasteiger partial charge in [-0.1, -0.05) is 12.1 Å². The first kappa shape index (κ1) is 26.2. The van der Waals surface area contributed by atoms with E-state index in [4.69, 9.17) is 20.4 Å². The molecule has 180 valence electrons. The fourth-order valence-corrected chi connectivity index (χ4v) is 5.28. The highest BCUT2D eigenvalue weighted by molar-refractivity contribution is 7.91. The van der Waals surface area contributed by atoms with Crippen LogP contribution in [-0.2, 0) is 30.8 Å². The average Bonchev–Trinajstić information content (AvgIpc) is 3.07. The number of aliphatic hydroxyl groups is 1. The van der Waals surface area contributed by atoms with Crippen LogP contribution < -0.4 is 0 Å². The van der Waals surface area contributed by atoms with Gasteiger partial charge in [-0.3, -0.25) is 19.5 Å². The Bertz CT molecular complexity index is 1120. The van der Waals surface area contributed by atoms with Gasteiger partial charge in [-0.25, -0.2) is 13.2 Å². The van der Waals surface area contributed by atoms with E-state index in [1.807, 2.05) is 25.2 Å². The van der Waals surface area contributed by atoms with Crippen molar-refractivity contribution in [3.8, 4) is 0 Å². The van der Waals surface area contributed by atoms with Gasteiger partial charge in [-0.05, 0) is 37.2 Å². The highest BCUT2D eigenvalue weighted by atomic mass is 32.2. The number of carbonyl (C=O) groups is 3. The van der Waals surface area contributed by atoms with Crippen molar-refractivity contribution in [1.82, 2.24) is 9.88 Å². The molecule has 1 aliphatic rings. The van der Waals surface area contributed by atoms with E-state index in [0.717, 1.165) is 23.9 Å². The van der Waals surface area contributed by atoms with Crippen molar-refractivity contribution in [2.45, 2.75) is 37.5 Å². The number of pyridine rings is 1. The second-order valence-corrected chi connectivity index (χ2v) is 10.2. The molecular formula is C21H26N2O9S. The second-order valence-electron chi connectivity index (χ2n) is 7.98. The number of aromatic nitrogens is 1. The molecule has 11 nitrogen and oxygen atoms in total. The molecule has 0 aliphatic carbocycles. The maximum Gasteiger partial charge on any atom is 0.336 e. The number of rotatable bonds is 8. The third-order valence-electron chi connectivity index (χ3n) is 5.22. The highest BCUT2D eigenvalue weighted by Gasteiger charge is 2.40. The zero-order chi connectivity index (χ0) is 24.8. The number of hydrogen-bond donors (Lipinski definition) is 4. The van der Waals surface area contributed by atoms with Crippen molar-refractivity contribution in [1.29, 1.82) is 0 Å². The zero-order valence-electron chi connectivity index (χ0n) is 17.9. The van der Waals surface area contributed by atoms with E-state index < -0.39 is 46.2 Å². The van der Waals surface area contributed by atoms with Crippen molar-refractivity contribution in [3.05, 3.63) is 42.1 Å². The monoisotopic (exact) mass is 482 g/mol. The summed E-state index contributed by atoms with van der Waals surface area (Å²) in [6.45, 7) is 0.769. The second kappa shape index (κ2) is 10.7. The Balaban J connectivity index is 0.000000260. The van der Waals surface area contributed by atoms with Crippen LogP contribution in [0.3, 0.4) is 0 Å². The zero-order valence-corrected chi connectivity index (χ0v) is 18.7. The predicted molar refractivity (Wildman–Crippen MR) is 117 cm³/mol. The van der Waals surface area contributed by atoms with Gasteiger partial charge in [0.1, 0.15) is 0 Å². The van der Waals surface area contributed by atoms with E-state index in [1.165, 1.54) is 5.56 Å². The highest BCUT2D eigenvalue weighted by Crippen LogP contribution is 2.20. The van der Waals surface area contributed by atoms with Crippen LogP contribution in [0.2, 0.25) is 0 Å². The minimum atomic E-state index is -2.82. The third-order valence-corrected chi connectivity index (χ3v) is 6.97. The number of nitrogens with zero attached hydrogens (tertiary/aromatic N) is 2. The van der Waals surface area contributed by atoms with Gasteiger partial charge in [0.25, 0.3) is 0 Å². The van der Waals surface area contributed by atoms with Crippen LogP contribution in [0.1, 0.15) is 24.8 Å². The average molecular weight is 483 g/mol. The van der Waals surface area contributed by atoms with E-state index in [-0.39, 0.29) is 6.04 Å². The van der Waals surface area contributed by atoms with Gasteiger partial charge in [0, 0.05) is 24.2 Å². The molecule has 2 aromatic rings. The summed E-state index contributed by atoms with van der Waals surface area (Å²) in [7, 11) is -0.820. The molecule has 0 radical (unpaired) electrons. The number of carboxylic acid groups (broad SMARTS) is 3. The summed E-state index contributed by atoms with van der Waals surface area (Å²) in [5.41, 5.74) is -0.558. The molecule has 1 aromatic carbocycles. The van der Waals surface area contributed by atoms with Crippen molar-refractivity contribution in [2.75, 3.05) is 18.6 Å². The molecule has 1 fully saturated rings. The largest absolute Gasteiger partial charge is 0.481 e. The molecule has 1 aromatic heterocycles. The molecule has 1 saturated heterocycles. The van der Waals surface area contributed by atoms with Crippen molar-refractivity contribution < 1.29 is 43.2 Å². The van der Waals surface area contributed by atoms with Crippen LogP contribution in [0.15, 0.2) is 36.5 Å². The normalized spacial score (nSPS) is 17.4. The topological polar surface area (TPSA) is 182 Å². The molecule has 0 bridgehead atoms. The molecular weight excluding hydrogens is 456 g/mol. The molecule has 2 heterocycles. The molecule has 1 aliphatic heterocycles. The maximum absolute atomic E-state index is 11.5. The van der Waals surface area contributed by atoms with E-state index in [0.29, 0.717) is 11.5 Å². The summed E-state index contributed by atoms with van der Waals surface area (Å²) in [5.74, 6) is -4.41. The molecule has 3 rings (SSSR count). The SMILES string of the molecule is CN(Cc1ccc2ncccc2c1)C1CCS(=O)(=O)C1.O=C(O)CC(O)(CC(=O)O)C(=O)O. The first-order valence-corrected chi connectivity index (χ1v) is 11.8. The third kappa shape index (κ3) is 7.77. The molecule has 1 unspecified atom stereocenters. The van der Waals surface area contributed by atoms with Crippen LogP contribution in [0.5, 0.6) is 0 Å². The molecule has 0 amide bonds. The summed E-state index contributed by atoms with van der Waals surface area (Å²) in [6, 6.07) is 10.3. The molecule has 0 saturated carbocycles. The van der Waals surface area contributed by atoms with E-state index in [9.17, 15) is 22.8 Å². The predicted octanol–water partition coefficient (Wildman–Crippen LogP) is 0.605. The molecule has 33 heavy (non-hydrogen) atoms. The minimum Gasteiger partial charge on any atom is -0.481 e. The Hall–Kier alpha value is -3.09.